The molecule has 0 spiro atoms. The average molecular weight is 184 g/mol. The van der Waals surface area contributed by atoms with E-state index in [0.29, 0.717) is 0 Å². The SMILES string of the molecule is C=Cc1cc(F)c(C=C)c(F)c1F. The second-order valence-electron chi connectivity index (χ2n) is 2.40. The molecule has 0 nitrogen and oxygen atoms in total. The van der Waals surface area contributed by atoms with Crippen LogP contribution in [0.25, 0.3) is 12.2 Å². The second-order valence-corrected chi connectivity index (χ2v) is 2.40. The maximum atomic E-state index is 13.0. The first-order valence-electron chi connectivity index (χ1n) is 3.54. The highest BCUT2D eigenvalue weighted by Gasteiger charge is 2.14. The zero-order valence-electron chi connectivity index (χ0n) is 6.78. The van der Waals surface area contributed by atoms with E-state index in [2.05, 4.69) is 13.2 Å². The maximum absolute atomic E-state index is 13.0. The number of hydrogen-bond acceptors (Lipinski definition) is 0. The van der Waals surface area contributed by atoms with Crippen LogP contribution >= 0.6 is 0 Å². The Kier molecular flexibility index (Phi) is 2.56. The van der Waals surface area contributed by atoms with Gasteiger partial charge in [0.15, 0.2) is 11.6 Å². The molecular weight excluding hydrogens is 177 g/mol. The van der Waals surface area contributed by atoms with Gasteiger partial charge in [-0.25, -0.2) is 13.2 Å². The summed E-state index contributed by atoms with van der Waals surface area (Å²) < 4.78 is 38.9. The lowest BCUT2D eigenvalue weighted by atomic mass is 10.1. The van der Waals surface area contributed by atoms with E-state index >= 15 is 0 Å². The minimum absolute atomic E-state index is 0.194. The molecule has 0 unspecified atom stereocenters. The molecule has 1 aromatic rings. The average Bonchev–Trinajstić information content (AvgIpc) is 2.12. The van der Waals surface area contributed by atoms with Crippen LogP contribution < -0.4 is 0 Å². The molecule has 0 radical (unpaired) electrons. The van der Waals surface area contributed by atoms with E-state index in [0.717, 1.165) is 18.2 Å². The van der Waals surface area contributed by atoms with Gasteiger partial charge in [-0.2, -0.15) is 0 Å². The Hall–Kier alpha value is -1.51. The van der Waals surface area contributed by atoms with Crippen LogP contribution in [0.5, 0.6) is 0 Å². The predicted octanol–water partition coefficient (Wildman–Crippen LogP) is 3.39. The van der Waals surface area contributed by atoms with Crippen LogP contribution in [-0.4, -0.2) is 0 Å². The summed E-state index contributed by atoms with van der Waals surface area (Å²) in [6, 6.07) is 0.877. The van der Waals surface area contributed by atoms with Crippen LogP contribution in [0, 0.1) is 17.5 Å². The van der Waals surface area contributed by atoms with Gasteiger partial charge in [-0.1, -0.05) is 25.3 Å². The van der Waals surface area contributed by atoms with E-state index in [1.165, 1.54) is 0 Å². The summed E-state index contributed by atoms with van der Waals surface area (Å²) in [5.41, 5.74) is -0.649. The van der Waals surface area contributed by atoms with E-state index in [1.807, 2.05) is 0 Å². The predicted molar refractivity (Wildman–Crippen MR) is 46.5 cm³/mol. The Balaban J connectivity index is 3.54. The van der Waals surface area contributed by atoms with Crippen LogP contribution in [0.2, 0.25) is 0 Å². The van der Waals surface area contributed by atoms with Crippen molar-refractivity contribution in [2.45, 2.75) is 0 Å². The topological polar surface area (TPSA) is 0 Å². The van der Waals surface area contributed by atoms with Gasteiger partial charge in [-0.05, 0) is 6.07 Å². The molecule has 0 fully saturated rings. The molecule has 0 aliphatic carbocycles. The highest BCUT2D eigenvalue weighted by atomic mass is 19.2. The van der Waals surface area contributed by atoms with Gasteiger partial charge in [-0.15, -0.1) is 0 Å². The molecule has 0 N–H and O–H groups in total. The van der Waals surface area contributed by atoms with Gasteiger partial charge in [0.25, 0.3) is 0 Å². The molecule has 0 amide bonds. The fourth-order valence-corrected chi connectivity index (χ4v) is 0.963. The lowest BCUT2D eigenvalue weighted by molar-refractivity contribution is 0.490. The quantitative estimate of drug-likeness (QED) is 0.618. The van der Waals surface area contributed by atoms with Gasteiger partial charge in [0, 0.05) is 11.1 Å². The summed E-state index contributed by atoms with van der Waals surface area (Å²) >= 11 is 0. The fraction of sp³-hybridized carbons (Fsp3) is 0. The second kappa shape index (κ2) is 3.47. The zero-order valence-corrected chi connectivity index (χ0v) is 6.78. The van der Waals surface area contributed by atoms with Crippen LogP contribution in [0.1, 0.15) is 11.1 Å². The molecule has 68 valence electrons. The van der Waals surface area contributed by atoms with Crippen molar-refractivity contribution in [3.8, 4) is 0 Å². The molecular formula is C10H7F3. The van der Waals surface area contributed by atoms with E-state index in [-0.39, 0.29) is 5.56 Å². The summed E-state index contributed by atoms with van der Waals surface area (Å²) in [4.78, 5) is 0. The minimum atomic E-state index is -1.23. The third kappa shape index (κ3) is 1.49. The molecule has 0 aliphatic heterocycles. The highest BCUT2D eigenvalue weighted by molar-refractivity contribution is 5.56. The molecule has 1 rings (SSSR count). The van der Waals surface area contributed by atoms with E-state index in [1.54, 1.807) is 0 Å². The van der Waals surface area contributed by atoms with Crippen molar-refractivity contribution in [1.29, 1.82) is 0 Å². The number of hydrogen-bond donors (Lipinski definition) is 0. The third-order valence-electron chi connectivity index (χ3n) is 1.65. The number of halogens is 3. The zero-order chi connectivity index (χ0) is 10.0. The fourth-order valence-electron chi connectivity index (χ4n) is 0.963. The van der Waals surface area contributed by atoms with E-state index in [9.17, 15) is 13.2 Å². The Morgan fingerprint density at radius 1 is 1.00 bits per heavy atom. The largest absolute Gasteiger partial charge is 0.206 e. The van der Waals surface area contributed by atoms with Crippen LogP contribution in [0.4, 0.5) is 13.2 Å². The lowest BCUT2D eigenvalue weighted by Crippen LogP contribution is -1.96. The Labute approximate surface area is 74.0 Å². The Bertz CT molecular complexity index is 367. The standard InChI is InChI=1S/C10H7F3/c1-3-6-5-8(11)7(4-2)10(13)9(6)12/h3-5H,1-2H2. The molecule has 0 atom stereocenters. The van der Waals surface area contributed by atoms with Crippen LogP contribution in [0.3, 0.4) is 0 Å². The minimum Gasteiger partial charge on any atom is -0.206 e. The first kappa shape index (κ1) is 9.58. The van der Waals surface area contributed by atoms with Gasteiger partial charge < -0.3 is 0 Å². The van der Waals surface area contributed by atoms with Crippen LogP contribution in [-0.2, 0) is 0 Å². The Morgan fingerprint density at radius 2 is 1.62 bits per heavy atom. The summed E-state index contributed by atoms with van der Waals surface area (Å²) in [5.74, 6) is -3.18. The summed E-state index contributed by atoms with van der Waals surface area (Å²) in [6.45, 7) is 6.41. The number of benzene rings is 1. The van der Waals surface area contributed by atoms with Crippen molar-refractivity contribution in [2.75, 3.05) is 0 Å². The Morgan fingerprint density at radius 3 is 2.08 bits per heavy atom. The van der Waals surface area contributed by atoms with Crippen molar-refractivity contribution < 1.29 is 13.2 Å². The van der Waals surface area contributed by atoms with Crippen molar-refractivity contribution in [3.63, 3.8) is 0 Å². The smallest absolute Gasteiger partial charge is 0.169 e. The molecule has 0 heterocycles. The molecule has 0 saturated carbocycles. The summed E-state index contributed by atoms with van der Waals surface area (Å²) in [7, 11) is 0. The first-order valence-corrected chi connectivity index (χ1v) is 3.54. The monoisotopic (exact) mass is 184 g/mol. The van der Waals surface area contributed by atoms with E-state index < -0.39 is 23.0 Å². The van der Waals surface area contributed by atoms with Crippen molar-refractivity contribution >= 4 is 12.2 Å². The molecule has 0 bridgehead atoms. The van der Waals surface area contributed by atoms with Crippen molar-refractivity contribution in [2.24, 2.45) is 0 Å². The molecule has 0 saturated heterocycles. The molecule has 3 heteroatoms. The van der Waals surface area contributed by atoms with Gasteiger partial charge in [0.2, 0.25) is 0 Å². The molecule has 13 heavy (non-hydrogen) atoms. The van der Waals surface area contributed by atoms with Gasteiger partial charge in [-0.3, -0.25) is 0 Å². The lowest BCUT2D eigenvalue weighted by Gasteiger charge is -2.03. The molecule has 1 aromatic carbocycles. The van der Waals surface area contributed by atoms with Crippen LogP contribution in [0.15, 0.2) is 19.2 Å². The normalized spacial score (nSPS) is 9.77. The van der Waals surface area contributed by atoms with Crippen molar-refractivity contribution in [3.05, 3.63) is 47.8 Å². The maximum Gasteiger partial charge on any atom is 0.169 e. The van der Waals surface area contributed by atoms with Gasteiger partial charge >= 0.3 is 0 Å². The summed E-state index contributed by atoms with van der Waals surface area (Å²) in [6.07, 6.45) is 1.98. The highest BCUT2D eigenvalue weighted by Crippen LogP contribution is 2.21. The molecule has 0 aromatic heterocycles. The molecule has 0 aliphatic rings. The first-order chi connectivity index (χ1) is 6.11. The van der Waals surface area contributed by atoms with Crippen molar-refractivity contribution in [1.82, 2.24) is 0 Å². The summed E-state index contributed by atoms with van der Waals surface area (Å²) in [5, 5.41) is 0. The number of rotatable bonds is 2. The van der Waals surface area contributed by atoms with Gasteiger partial charge in [0.1, 0.15) is 5.82 Å². The van der Waals surface area contributed by atoms with E-state index in [4.69, 9.17) is 0 Å². The van der Waals surface area contributed by atoms with Gasteiger partial charge in [0.05, 0.1) is 0 Å². The third-order valence-corrected chi connectivity index (χ3v) is 1.65.